The second kappa shape index (κ2) is 7.72. The average molecular weight is 384 g/mol. The molecule has 0 spiro atoms. The quantitative estimate of drug-likeness (QED) is 0.688. The third kappa shape index (κ3) is 4.41. The largest absolute Gasteiger partial charge is 0.452 e. The Labute approximate surface area is 161 Å². The van der Waals surface area contributed by atoms with E-state index in [2.05, 4.69) is 15.3 Å². The van der Waals surface area contributed by atoms with Crippen LogP contribution in [0.15, 0.2) is 36.4 Å². The second-order valence-electron chi connectivity index (χ2n) is 6.21. The number of hydrogen-bond acceptors (Lipinski definition) is 5. The van der Waals surface area contributed by atoms with Gasteiger partial charge in [-0.3, -0.25) is 4.79 Å². The topological polar surface area (TPSA) is 81.2 Å². The van der Waals surface area contributed by atoms with Gasteiger partial charge in [-0.15, -0.1) is 0 Å². The number of halogens is 1. The third-order valence-electron chi connectivity index (χ3n) is 4.04. The number of carbonyl (C=O) groups is 2. The van der Waals surface area contributed by atoms with Gasteiger partial charge in [0, 0.05) is 0 Å². The summed E-state index contributed by atoms with van der Waals surface area (Å²) in [4.78, 5) is 33.1. The van der Waals surface area contributed by atoms with Crippen molar-refractivity contribution < 1.29 is 14.3 Å². The van der Waals surface area contributed by atoms with Crippen LogP contribution >= 0.6 is 11.6 Å². The minimum absolute atomic E-state index is 0.307. The summed E-state index contributed by atoms with van der Waals surface area (Å²) in [5.74, 6) is -1.08. The second-order valence-corrected chi connectivity index (χ2v) is 6.61. The molecule has 27 heavy (non-hydrogen) atoms. The fourth-order valence-electron chi connectivity index (χ4n) is 2.48. The number of anilines is 1. The van der Waals surface area contributed by atoms with E-state index in [0.29, 0.717) is 27.3 Å². The van der Waals surface area contributed by atoms with Crippen LogP contribution in [0.3, 0.4) is 0 Å². The van der Waals surface area contributed by atoms with Gasteiger partial charge < -0.3 is 10.1 Å². The molecule has 3 rings (SSSR count). The Bertz CT molecular complexity index is 1050. The number of nitrogens with one attached hydrogen (secondary N) is 1. The van der Waals surface area contributed by atoms with E-state index >= 15 is 0 Å². The van der Waals surface area contributed by atoms with Crippen LogP contribution in [-0.4, -0.2) is 28.5 Å². The van der Waals surface area contributed by atoms with E-state index in [0.717, 1.165) is 17.0 Å². The van der Waals surface area contributed by atoms with Crippen molar-refractivity contribution in [2.45, 2.75) is 20.8 Å². The maximum absolute atomic E-state index is 12.2. The molecule has 138 valence electrons. The van der Waals surface area contributed by atoms with Gasteiger partial charge in [0.1, 0.15) is 0 Å². The number of benzene rings is 2. The molecule has 0 bridgehead atoms. The van der Waals surface area contributed by atoms with Gasteiger partial charge in [0.05, 0.1) is 38.7 Å². The van der Waals surface area contributed by atoms with Crippen LogP contribution in [0.5, 0.6) is 0 Å². The number of carbonyl (C=O) groups excluding carboxylic acids is 2. The number of aryl methyl sites for hydroxylation is 3. The van der Waals surface area contributed by atoms with Crippen molar-refractivity contribution in [2.24, 2.45) is 0 Å². The minimum Gasteiger partial charge on any atom is -0.452 e. The molecule has 0 unspecified atom stereocenters. The van der Waals surface area contributed by atoms with Crippen LogP contribution in [0.25, 0.3) is 11.0 Å². The number of esters is 1. The maximum Gasteiger partial charge on any atom is 0.338 e. The zero-order valence-corrected chi connectivity index (χ0v) is 15.9. The summed E-state index contributed by atoms with van der Waals surface area (Å²) in [6.45, 7) is 5.21. The third-order valence-corrected chi connectivity index (χ3v) is 4.36. The van der Waals surface area contributed by atoms with Crippen LogP contribution < -0.4 is 5.32 Å². The highest BCUT2D eigenvalue weighted by atomic mass is 35.5. The van der Waals surface area contributed by atoms with Gasteiger partial charge in [-0.2, -0.15) is 0 Å². The normalized spacial score (nSPS) is 10.7. The van der Waals surface area contributed by atoms with Crippen LogP contribution in [-0.2, 0) is 9.53 Å². The van der Waals surface area contributed by atoms with Gasteiger partial charge in [0.25, 0.3) is 5.91 Å². The standard InChI is InChI=1S/C20H18ClN3O3/c1-11-4-6-16(15(21)8-11)24-19(25)10-27-20(26)14-5-7-17-18(9-14)23-13(3)12(2)22-17/h4-9H,10H2,1-3H3,(H,24,25). The van der Waals surface area contributed by atoms with Gasteiger partial charge in [-0.05, 0) is 56.7 Å². The number of amides is 1. The van der Waals surface area contributed by atoms with E-state index < -0.39 is 18.5 Å². The van der Waals surface area contributed by atoms with Crippen molar-refractivity contribution in [1.82, 2.24) is 9.97 Å². The minimum atomic E-state index is -0.609. The Morgan fingerprint density at radius 3 is 2.41 bits per heavy atom. The van der Waals surface area contributed by atoms with Crippen molar-refractivity contribution in [3.05, 3.63) is 63.9 Å². The molecule has 0 aliphatic carbocycles. The lowest BCUT2D eigenvalue weighted by atomic mass is 10.2. The summed E-state index contributed by atoms with van der Waals surface area (Å²) in [5.41, 5.74) is 4.68. The predicted octanol–water partition coefficient (Wildman–Crippen LogP) is 4.00. The lowest BCUT2D eigenvalue weighted by molar-refractivity contribution is -0.119. The average Bonchev–Trinajstić information content (AvgIpc) is 2.62. The van der Waals surface area contributed by atoms with Gasteiger partial charge in [0.2, 0.25) is 0 Å². The monoisotopic (exact) mass is 383 g/mol. The van der Waals surface area contributed by atoms with E-state index in [1.165, 1.54) is 0 Å². The van der Waals surface area contributed by atoms with Gasteiger partial charge in [0.15, 0.2) is 6.61 Å². The van der Waals surface area contributed by atoms with Crippen LogP contribution in [0.1, 0.15) is 27.3 Å². The summed E-state index contributed by atoms with van der Waals surface area (Å²) in [7, 11) is 0. The Morgan fingerprint density at radius 2 is 1.70 bits per heavy atom. The zero-order valence-electron chi connectivity index (χ0n) is 15.2. The first kappa shape index (κ1) is 18.8. The molecule has 0 saturated carbocycles. The molecule has 0 aliphatic heterocycles. The number of aromatic nitrogens is 2. The van der Waals surface area contributed by atoms with Crippen molar-refractivity contribution in [3.63, 3.8) is 0 Å². The highest BCUT2D eigenvalue weighted by Crippen LogP contribution is 2.22. The molecule has 0 fully saturated rings. The van der Waals surface area contributed by atoms with E-state index in [9.17, 15) is 9.59 Å². The van der Waals surface area contributed by atoms with E-state index in [1.54, 1.807) is 30.3 Å². The molecule has 7 heteroatoms. The molecule has 1 N–H and O–H groups in total. The van der Waals surface area contributed by atoms with Gasteiger partial charge in [-0.25, -0.2) is 14.8 Å². The number of hydrogen-bond donors (Lipinski definition) is 1. The van der Waals surface area contributed by atoms with Crippen molar-refractivity contribution >= 4 is 40.2 Å². The van der Waals surface area contributed by atoms with Crippen molar-refractivity contribution in [3.8, 4) is 0 Å². The molecule has 0 atom stereocenters. The van der Waals surface area contributed by atoms with E-state index in [1.807, 2.05) is 26.8 Å². The molecule has 1 aromatic heterocycles. The Balaban J connectivity index is 1.65. The van der Waals surface area contributed by atoms with Crippen molar-refractivity contribution in [1.29, 1.82) is 0 Å². The molecular weight excluding hydrogens is 366 g/mol. The highest BCUT2D eigenvalue weighted by molar-refractivity contribution is 6.33. The van der Waals surface area contributed by atoms with Crippen LogP contribution in [0.4, 0.5) is 5.69 Å². The Morgan fingerprint density at radius 1 is 1.00 bits per heavy atom. The summed E-state index contributed by atoms with van der Waals surface area (Å²) in [6.07, 6.45) is 0. The first-order valence-electron chi connectivity index (χ1n) is 8.31. The summed E-state index contributed by atoms with van der Waals surface area (Å²) >= 11 is 6.08. The fraction of sp³-hybridized carbons (Fsp3) is 0.200. The van der Waals surface area contributed by atoms with E-state index in [-0.39, 0.29) is 0 Å². The number of nitrogens with zero attached hydrogens (tertiary/aromatic N) is 2. The molecule has 1 heterocycles. The van der Waals surface area contributed by atoms with Crippen LogP contribution in [0.2, 0.25) is 5.02 Å². The first-order valence-corrected chi connectivity index (χ1v) is 8.69. The lowest BCUT2D eigenvalue weighted by Crippen LogP contribution is -2.21. The smallest absolute Gasteiger partial charge is 0.338 e. The molecular formula is C20H18ClN3O3. The molecule has 0 saturated heterocycles. The molecule has 2 aromatic carbocycles. The van der Waals surface area contributed by atoms with Gasteiger partial charge >= 0.3 is 5.97 Å². The summed E-state index contributed by atoms with van der Waals surface area (Å²) in [5, 5.41) is 3.04. The number of ether oxygens (including phenoxy) is 1. The zero-order chi connectivity index (χ0) is 19.6. The summed E-state index contributed by atoms with van der Waals surface area (Å²) in [6, 6.07) is 10.2. The number of rotatable bonds is 4. The SMILES string of the molecule is Cc1ccc(NC(=O)COC(=O)c2ccc3nc(C)c(C)nc3c2)c(Cl)c1. The van der Waals surface area contributed by atoms with Crippen LogP contribution in [0, 0.1) is 20.8 Å². The van der Waals surface area contributed by atoms with Gasteiger partial charge in [-0.1, -0.05) is 17.7 Å². The molecule has 6 nitrogen and oxygen atoms in total. The molecule has 3 aromatic rings. The Hall–Kier alpha value is -2.99. The molecule has 0 aliphatic rings. The van der Waals surface area contributed by atoms with Crippen molar-refractivity contribution in [2.75, 3.05) is 11.9 Å². The fourth-order valence-corrected chi connectivity index (χ4v) is 2.76. The lowest BCUT2D eigenvalue weighted by Gasteiger charge is -2.09. The molecule has 1 amide bonds. The predicted molar refractivity (Wildman–Crippen MR) is 104 cm³/mol. The highest BCUT2D eigenvalue weighted by Gasteiger charge is 2.13. The van der Waals surface area contributed by atoms with E-state index in [4.69, 9.17) is 16.3 Å². The summed E-state index contributed by atoms with van der Waals surface area (Å²) < 4.78 is 5.09. The first-order chi connectivity index (χ1) is 12.8. The molecule has 0 radical (unpaired) electrons. The maximum atomic E-state index is 12.2. The Kier molecular flexibility index (Phi) is 5.37. The number of fused-ring (bicyclic) bond motifs is 1.